The van der Waals surface area contributed by atoms with E-state index >= 15 is 0 Å². The molecule has 0 spiro atoms. The first kappa shape index (κ1) is 16.5. The molecule has 1 N–H and O–H groups in total. The summed E-state index contributed by atoms with van der Waals surface area (Å²) in [5, 5.41) is 4.09. The fourth-order valence-electron chi connectivity index (χ4n) is 2.51. The molecule has 118 valence electrons. The van der Waals surface area contributed by atoms with E-state index in [4.69, 9.17) is 4.74 Å². The molecule has 22 heavy (non-hydrogen) atoms. The number of ether oxygens (including phenoxy) is 1. The van der Waals surface area contributed by atoms with Crippen LogP contribution in [-0.4, -0.2) is 42.3 Å². The van der Waals surface area contributed by atoms with Gasteiger partial charge in [-0.1, -0.05) is 0 Å². The summed E-state index contributed by atoms with van der Waals surface area (Å²) in [5.41, 5.74) is 3.43. The quantitative estimate of drug-likeness (QED) is 0.657. The van der Waals surface area contributed by atoms with Crippen LogP contribution in [0.3, 0.4) is 0 Å². The fourth-order valence-corrected chi connectivity index (χ4v) is 3.17. The van der Waals surface area contributed by atoms with Crippen LogP contribution in [0.2, 0.25) is 0 Å². The molecule has 0 aromatic carbocycles. The topological polar surface area (TPSA) is 62.4 Å². The van der Waals surface area contributed by atoms with E-state index in [-0.39, 0.29) is 12.3 Å². The van der Waals surface area contributed by atoms with Crippen molar-refractivity contribution in [2.45, 2.75) is 20.4 Å². The highest BCUT2D eigenvalue weighted by molar-refractivity contribution is 7.07. The lowest BCUT2D eigenvalue weighted by Gasteiger charge is -2.14. The van der Waals surface area contributed by atoms with Crippen LogP contribution in [0.1, 0.15) is 37.7 Å². The number of carbonyl (C=O) groups is 2. The molecule has 2 aromatic rings. The number of thiophene rings is 1. The molecule has 0 saturated heterocycles. The molecule has 0 unspecified atom stereocenters. The van der Waals surface area contributed by atoms with Crippen LogP contribution >= 0.6 is 11.3 Å². The van der Waals surface area contributed by atoms with Gasteiger partial charge < -0.3 is 9.72 Å². The van der Waals surface area contributed by atoms with E-state index in [9.17, 15) is 9.59 Å². The van der Waals surface area contributed by atoms with E-state index in [1.54, 1.807) is 25.2 Å². The Morgan fingerprint density at radius 2 is 2.09 bits per heavy atom. The number of H-pyrrole nitrogens is 1. The number of methoxy groups -OCH3 is 1. The number of hydrogen-bond acceptors (Lipinski definition) is 5. The lowest BCUT2D eigenvalue weighted by Crippen LogP contribution is -2.26. The Bertz CT molecular complexity index is 674. The lowest BCUT2D eigenvalue weighted by atomic mass is 10.1. The maximum absolute atomic E-state index is 12.5. The predicted molar refractivity (Wildman–Crippen MR) is 86.6 cm³/mol. The van der Waals surface area contributed by atoms with Gasteiger partial charge in [-0.25, -0.2) is 4.79 Å². The number of ketones is 1. The average molecular weight is 320 g/mol. The molecule has 0 aliphatic carbocycles. The first-order valence-corrected chi connectivity index (χ1v) is 7.88. The van der Waals surface area contributed by atoms with Crippen molar-refractivity contribution in [3.63, 3.8) is 0 Å². The molecule has 0 atom stereocenters. The Morgan fingerprint density at radius 1 is 1.36 bits per heavy atom. The van der Waals surface area contributed by atoms with E-state index in [2.05, 4.69) is 10.4 Å². The maximum atomic E-state index is 12.5. The first-order valence-electron chi connectivity index (χ1n) is 6.94. The second kappa shape index (κ2) is 6.89. The minimum atomic E-state index is -0.420. The van der Waals surface area contributed by atoms with Crippen molar-refractivity contribution in [3.05, 3.63) is 44.9 Å². The third kappa shape index (κ3) is 3.45. The van der Waals surface area contributed by atoms with Crippen molar-refractivity contribution < 1.29 is 14.3 Å². The van der Waals surface area contributed by atoms with E-state index < -0.39 is 5.97 Å². The molecule has 0 amide bonds. The van der Waals surface area contributed by atoms with Gasteiger partial charge in [-0.15, -0.1) is 0 Å². The van der Waals surface area contributed by atoms with Gasteiger partial charge in [-0.2, -0.15) is 11.3 Å². The third-order valence-corrected chi connectivity index (χ3v) is 4.28. The van der Waals surface area contributed by atoms with Gasteiger partial charge in [0.1, 0.15) is 0 Å². The second-order valence-corrected chi connectivity index (χ2v) is 6.12. The summed E-state index contributed by atoms with van der Waals surface area (Å²) in [5.74, 6) is -0.453. The monoisotopic (exact) mass is 320 g/mol. The molecule has 0 aliphatic heterocycles. The van der Waals surface area contributed by atoms with Crippen molar-refractivity contribution in [3.8, 4) is 0 Å². The van der Waals surface area contributed by atoms with Gasteiger partial charge in [-0.05, 0) is 48.8 Å². The molecule has 0 fully saturated rings. The van der Waals surface area contributed by atoms with E-state index in [1.807, 2.05) is 23.4 Å². The Kier molecular flexibility index (Phi) is 5.15. The van der Waals surface area contributed by atoms with Gasteiger partial charge in [0.05, 0.1) is 24.9 Å². The molecule has 5 nitrogen and oxygen atoms in total. The molecular weight excluding hydrogens is 300 g/mol. The molecule has 2 aromatic heterocycles. The first-order chi connectivity index (χ1) is 10.4. The number of aryl methyl sites for hydroxylation is 1. The molecular formula is C16H20N2O3S. The van der Waals surface area contributed by atoms with Crippen molar-refractivity contribution >= 4 is 23.1 Å². The summed E-state index contributed by atoms with van der Waals surface area (Å²) in [7, 11) is 3.24. The molecule has 0 radical (unpaired) electrons. The molecule has 0 bridgehead atoms. The molecule has 2 rings (SSSR count). The van der Waals surface area contributed by atoms with Crippen LogP contribution in [0, 0.1) is 13.8 Å². The standard InChI is InChI=1S/C16H20N2O3S/c1-10-14(16(20)21-4)11(2)17-15(10)13(19)8-18(3)7-12-5-6-22-9-12/h5-6,9,17H,7-8H2,1-4H3. The summed E-state index contributed by atoms with van der Waals surface area (Å²) < 4.78 is 4.76. The van der Waals surface area contributed by atoms with Crippen LogP contribution in [0.4, 0.5) is 0 Å². The SMILES string of the molecule is COC(=O)c1c(C)[nH]c(C(=O)CN(C)Cc2ccsc2)c1C. The van der Waals surface area contributed by atoms with Gasteiger partial charge in [0.2, 0.25) is 0 Å². The minimum absolute atomic E-state index is 0.0338. The Hall–Kier alpha value is -1.92. The smallest absolute Gasteiger partial charge is 0.339 e. The van der Waals surface area contributed by atoms with E-state index in [1.165, 1.54) is 12.7 Å². The zero-order valence-electron chi connectivity index (χ0n) is 13.2. The molecule has 0 saturated carbocycles. The minimum Gasteiger partial charge on any atom is -0.465 e. The van der Waals surface area contributed by atoms with Crippen LogP contribution in [0.5, 0.6) is 0 Å². The third-order valence-electron chi connectivity index (χ3n) is 3.55. The van der Waals surface area contributed by atoms with Crippen molar-refractivity contribution in [2.75, 3.05) is 20.7 Å². The number of hydrogen-bond donors (Lipinski definition) is 1. The summed E-state index contributed by atoms with van der Waals surface area (Å²) in [6.07, 6.45) is 0. The Balaban J connectivity index is 2.11. The van der Waals surface area contributed by atoms with Crippen molar-refractivity contribution in [1.82, 2.24) is 9.88 Å². The van der Waals surface area contributed by atoms with Crippen LogP contribution in [0.15, 0.2) is 16.8 Å². The van der Waals surface area contributed by atoms with E-state index in [0.717, 1.165) is 6.54 Å². The highest BCUT2D eigenvalue weighted by atomic mass is 32.1. The lowest BCUT2D eigenvalue weighted by molar-refractivity contribution is 0.0599. The average Bonchev–Trinajstić information content (AvgIpc) is 3.06. The number of nitrogens with one attached hydrogen (secondary N) is 1. The maximum Gasteiger partial charge on any atom is 0.339 e. The number of rotatable bonds is 6. The number of likely N-dealkylation sites (N-methyl/N-ethyl adjacent to an activating group) is 1. The molecule has 6 heteroatoms. The van der Waals surface area contributed by atoms with Gasteiger partial charge in [0.15, 0.2) is 5.78 Å². The highest BCUT2D eigenvalue weighted by Gasteiger charge is 2.22. The number of aromatic nitrogens is 1. The molecule has 2 heterocycles. The van der Waals surface area contributed by atoms with Crippen LogP contribution < -0.4 is 0 Å². The number of Topliss-reactive ketones (excluding diaryl/α,β-unsaturated/α-hetero) is 1. The second-order valence-electron chi connectivity index (χ2n) is 5.34. The summed E-state index contributed by atoms with van der Waals surface area (Å²) >= 11 is 1.64. The van der Waals surface area contributed by atoms with Crippen LogP contribution in [-0.2, 0) is 11.3 Å². The number of carbonyl (C=O) groups excluding carboxylic acids is 2. The Labute approximate surface area is 133 Å². The summed E-state index contributed by atoms with van der Waals surface area (Å²) in [4.78, 5) is 29.2. The summed E-state index contributed by atoms with van der Waals surface area (Å²) in [6, 6.07) is 2.05. The fraction of sp³-hybridized carbons (Fsp3) is 0.375. The van der Waals surface area contributed by atoms with Gasteiger partial charge in [0.25, 0.3) is 0 Å². The number of nitrogens with zero attached hydrogens (tertiary/aromatic N) is 1. The summed E-state index contributed by atoms with van der Waals surface area (Å²) in [6.45, 7) is 4.54. The Morgan fingerprint density at radius 3 is 2.68 bits per heavy atom. The van der Waals surface area contributed by atoms with Gasteiger partial charge in [0, 0.05) is 12.2 Å². The van der Waals surface area contributed by atoms with Crippen LogP contribution in [0.25, 0.3) is 0 Å². The van der Waals surface area contributed by atoms with Gasteiger partial charge >= 0.3 is 5.97 Å². The zero-order valence-corrected chi connectivity index (χ0v) is 14.0. The number of esters is 1. The predicted octanol–water partition coefficient (Wildman–Crippen LogP) is 2.79. The van der Waals surface area contributed by atoms with Crippen molar-refractivity contribution in [1.29, 1.82) is 0 Å². The van der Waals surface area contributed by atoms with Gasteiger partial charge in [-0.3, -0.25) is 9.69 Å². The largest absolute Gasteiger partial charge is 0.465 e. The van der Waals surface area contributed by atoms with Crippen molar-refractivity contribution in [2.24, 2.45) is 0 Å². The number of aromatic amines is 1. The van der Waals surface area contributed by atoms with E-state index in [0.29, 0.717) is 22.5 Å². The molecule has 0 aliphatic rings. The highest BCUT2D eigenvalue weighted by Crippen LogP contribution is 2.19. The normalized spacial score (nSPS) is 11.0. The zero-order chi connectivity index (χ0) is 16.3.